The number of nitrogens with two attached hydrogens (primary N) is 1. The summed E-state index contributed by atoms with van der Waals surface area (Å²) in [5.74, 6) is -0.460. The van der Waals surface area contributed by atoms with E-state index in [2.05, 4.69) is 5.32 Å². The summed E-state index contributed by atoms with van der Waals surface area (Å²) in [6, 6.07) is 12.7. The van der Waals surface area contributed by atoms with Crippen LogP contribution < -0.4 is 15.2 Å². The van der Waals surface area contributed by atoms with Crippen molar-refractivity contribution in [1.82, 2.24) is 0 Å². The average Bonchev–Trinajstić information content (AvgIpc) is 2.61. The Labute approximate surface area is 163 Å². The molecule has 1 unspecified atom stereocenters. The molecule has 0 saturated heterocycles. The molecule has 2 aromatic carbocycles. The van der Waals surface area contributed by atoms with E-state index >= 15 is 0 Å². The summed E-state index contributed by atoms with van der Waals surface area (Å²) < 4.78 is 33.0. The van der Waals surface area contributed by atoms with Gasteiger partial charge in [-0.3, -0.25) is 9.59 Å². The minimum Gasteiger partial charge on any atom is -0.493 e. The van der Waals surface area contributed by atoms with Crippen LogP contribution in [0.5, 0.6) is 5.75 Å². The fourth-order valence-electron chi connectivity index (χ4n) is 2.24. The van der Waals surface area contributed by atoms with Gasteiger partial charge in [-0.15, -0.1) is 0 Å². The van der Waals surface area contributed by atoms with Crippen molar-refractivity contribution in [2.45, 2.75) is 31.3 Å². The second-order valence-corrected chi connectivity index (χ2v) is 7.67. The van der Waals surface area contributed by atoms with Crippen molar-refractivity contribution < 1.29 is 27.5 Å². The number of nitrogens with one attached hydrogen (secondary N) is 1. The van der Waals surface area contributed by atoms with Crippen LogP contribution in [0, 0.1) is 6.92 Å². The molecule has 0 bridgehead atoms. The molecule has 0 spiro atoms. The maximum absolute atomic E-state index is 12.1. The Hall–Kier alpha value is -2.91. The molecular formula is C19H22N2O6S. The highest BCUT2D eigenvalue weighted by atomic mass is 32.2. The fraction of sp³-hybridized carbons (Fsp3) is 0.263. The third-order valence-corrected chi connectivity index (χ3v) is 4.62. The summed E-state index contributed by atoms with van der Waals surface area (Å²) in [4.78, 5) is 23.9. The molecule has 1 amide bonds. The lowest BCUT2D eigenvalue weighted by Crippen LogP contribution is -2.30. The number of hydrogen-bond acceptors (Lipinski definition) is 6. The molecule has 0 radical (unpaired) electrons. The van der Waals surface area contributed by atoms with Gasteiger partial charge in [-0.05, 0) is 55.8 Å². The lowest BCUT2D eigenvalue weighted by Gasteiger charge is -2.14. The zero-order valence-electron chi connectivity index (χ0n) is 15.5. The van der Waals surface area contributed by atoms with Crippen LogP contribution in [0.25, 0.3) is 0 Å². The monoisotopic (exact) mass is 406 g/mol. The lowest BCUT2D eigenvalue weighted by atomic mass is 10.2. The number of aryl methyl sites for hydroxylation is 1. The van der Waals surface area contributed by atoms with Crippen molar-refractivity contribution in [3.05, 3.63) is 54.1 Å². The molecule has 0 aliphatic rings. The molecule has 2 aromatic rings. The second-order valence-electron chi connectivity index (χ2n) is 6.11. The first-order chi connectivity index (χ1) is 13.1. The van der Waals surface area contributed by atoms with E-state index in [1.165, 1.54) is 31.2 Å². The smallest absolute Gasteiger partial charge is 0.310 e. The number of carbonyl (C=O) groups is 2. The Morgan fingerprint density at radius 3 is 2.43 bits per heavy atom. The van der Waals surface area contributed by atoms with Crippen LogP contribution in [0.15, 0.2) is 53.4 Å². The topological polar surface area (TPSA) is 125 Å². The summed E-state index contributed by atoms with van der Waals surface area (Å²) in [6.45, 7) is 3.50. The first-order valence-corrected chi connectivity index (χ1v) is 10.0. The van der Waals surface area contributed by atoms with E-state index in [4.69, 9.17) is 14.6 Å². The molecule has 150 valence electrons. The molecule has 0 aliphatic carbocycles. The van der Waals surface area contributed by atoms with Crippen LogP contribution in [0.4, 0.5) is 5.69 Å². The average molecular weight is 406 g/mol. The third kappa shape index (κ3) is 6.67. The summed E-state index contributed by atoms with van der Waals surface area (Å²) in [5, 5.41) is 7.54. The quantitative estimate of drug-likeness (QED) is 0.646. The van der Waals surface area contributed by atoms with Crippen LogP contribution in [-0.4, -0.2) is 33.0 Å². The highest BCUT2D eigenvalue weighted by Crippen LogP contribution is 2.14. The van der Waals surface area contributed by atoms with Gasteiger partial charge in [-0.25, -0.2) is 13.6 Å². The Morgan fingerprint density at radius 2 is 1.82 bits per heavy atom. The summed E-state index contributed by atoms with van der Waals surface area (Å²) in [5.41, 5.74) is 1.39. The van der Waals surface area contributed by atoms with Gasteiger partial charge in [0.25, 0.3) is 5.91 Å². The zero-order chi connectivity index (χ0) is 20.7. The fourth-order valence-corrected chi connectivity index (χ4v) is 2.75. The SMILES string of the molecule is Cc1cccc(OCCC(=O)OC(C)C(=O)Nc2ccc(S(N)(=O)=O)cc2)c1. The molecule has 3 N–H and O–H groups in total. The van der Waals surface area contributed by atoms with E-state index < -0.39 is 28.0 Å². The van der Waals surface area contributed by atoms with Crippen molar-refractivity contribution in [2.75, 3.05) is 11.9 Å². The van der Waals surface area contributed by atoms with Gasteiger partial charge in [0, 0.05) is 5.69 Å². The Kier molecular flexibility index (Phi) is 7.13. The zero-order valence-corrected chi connectivity index (χ0v) is 16.4. The summed E-state index contributed by atoms with van der Waals surface area (Å²) in [7, 11) is -3.81. The second kappa shape index (κ2) is 9.34. The van der Waals surface area contributed by atoms with Crippen LogP contribution in [-0.2, 0) is 24.3 Å². The van der Waals surface area contributed by atoms with Gasteiger partial charge in [0.15, 0.2) is 6.10 Å². The molecule has 0 heterocycles. The van der Waals surface area contributed by atoms with Gasteiger partial charge in [0.05, 0.1) is 17.9 Å². The first kappa shape index (κ1) is 21.4. The highest BCUT2D eigenvalue weighted by Gasteiger charge is 2.18. The van der Waals surface area contributed by atoms with Gasteiger partial charge in [0.1, 0.15) is 5.75 Å². The van der Waals surface area contributed by atoms with Crippen molar-refractivity contribution in [3.63, 3.8) is 0 Å². The molecule has 1 atom stereocenters. The maximum atomic E-state index is 12.1. The summed E-state index contributed by atoms with van der Waals surface area (Å²) in [6.07, 6.45) is -1.03. The summed E-state index contributed by atoms with van der Waals surface area (Å²) >= 11 is 0. The van der Waals surface area contributed by atoms with Crippen LogP contribution in [0.1, 0.15) is 18.9 Å². The standard InChI is InChI=1S/C19H22N2O6S/c1-13-4-3-5-16(12-13)26-11-10-18(22)27-14(2)19(23)21-15-6-8-17(9-7-15)28(20,24)25/h3-9,12,14H,10-11H2,1-2H3,(H,21,23)(H2,20,24,25). The van der Waals surface area contributed by atoms with E-state index in [0.29, 0.717) is 11.4 Å². The largest absolute Gasteiger partial charge is 0.493 e. The Balaban J connectivity index is 1.78. The van der Waals surface area contributed by atoms with Crippen molar-refractivity contribution in [2.24, 2.45) is 5.14 Å². The number of sulfonamides is 1. The molecule has 28 heavy (non-hydrogen) atoms. The molecule has 9 heteroatoms. The Morgan fingerprint density at radius 1 is 1.14 bits per heavy atom. The van der Waals surface area contributed by atoms with Crippen molar-refractivity contribution >= 4 is 27.6 Å². The molecule has 0 fully saturated rings. The minimum atomic E-state index is -3.81. The molecule has 0 aromatic heterocycles. The number of anilines is 1. The number of rotatable bonds is 8. The maximum Gasteiger partial charge on any atom is 0.310 e. The van der Waals surface area contributed by atoms with Crippen LogP contribution >= 0.6 is 0 Å². The van der Waals surface area contributed by atoms with Crippen molar-refractivity contribution in [1.29, 1.82) is 0 Å². The molecule has 0 aliphatic heterocycles. The molecule has 2 rings (SSSR count). The number of benzene rings is 2. The molecule has 0 saturated carbocycles. The van der Waals surface area contributed by atoms with E-state index in [1.54, 1.807) is 6.07 Å². The predicted molar refractivity (Wildman–Crippen MR) is 103 cm³/mol. The normalized spacial score (nSPS) is 12.1. The van der Waals surface area contributed by atoms with E-state index in [-0.39, 0.29) is 17.9 Å². The number of primary sulfonamides is 1. The van der Waals surface area contributed by atoms with Crippen LogP contribution in [0.2, 0.25) is 0 Å². The number of amides is 1. The number of esters is 1. The highest BCUT2D eigenvalue weighted by molar-refractivity contribution is 7.89. The van der Waals surface area contributed by atoms with E-state index in [9.17, 15) is 18.0 Å². The van der Waals surface area contributed by atoms with Gasteiger partial charge >= 0.3 is 5.97 Å². The first-order valence-electron chi connectivity index (χ1n) is 8.48. The van der Waals surface area contributed by atoms with Crippen molar-refractivity contribution in [3.8, 4) is 5.75 Å². The lowest BCUT2D eigenvalue weighted by molar-refractivity contribution is -0.153. The molecule has 8 nitrogen and oxygen atoms in total. The van der Waals surface area contributed by atoms with Gasteiger partial charge < -0.3 is 14.8 Å². The Bertz CT molecular complexity index is 941. The number of ether oxygens (including phenoxy) is 2. The van der Waals surface area contributed by atoms with E-state index in [1.807, 2.05) is 25.1 Å². The third-order valence-electron chi connectivity index (χ3n) is 3.69. The number of hydrogen-bond donors (Lipinski definition) is 2. The van der Waals surface area contributed by atoms with Gasteiger partial charge in [-0.1, -0.05) is 12.1 Å². The molecular weight excluding hydrogens is 384 g/mol. The van der Waals surface area contributed by atoms with Gasteiger partial charge in [0.2, 0.25) is 10.0 Å². The van der Waals surface area contributed by atoms with Crippen LogP contribution in [0.3, 0.4) is 0 Å². The predicted octanol–water partition coefficient (Wildman–Crippen LogP) is 1.98. The minimum absolute atomic E-state index is 0.00534. The van der Waals surface area contributed by atoms with E-state index in [0.717, 1.165) is 5.56 Å². The van der Waals surface area contributed by atoms with Gasteiger partial charge in [-0.2, -0.15) is 0 Å². The number of carbonyl (C=O) groups excluding carboxylic acids is 2.